The van der Waals surface area contributed by atoms with Crippen LogP contribution in [0.15, 0.2) is 0 Å². The molecule has 0 saturated carbocycles. The summed E-state index contributed by atoms with van der Waals surface area (Å²) in [7, 11) is 0. The van der Waals surface area contributed by atoms with Crippen LogP contribution in [0.5, 0.6) is 0 Å². The molecule has 3 rings (SSSR count). The van der Waals surface area contributed by atoms with E-state index in [1.165, 1.54) is 4.90 Å². The highest BCUT2D eigenvalue weighted by molar-refractivity contribution is 5.79. The number of rotatable bonds is 6. The van der Waals surface area contributed by atoms with Gasteiger partial charge in [0.1, 0.15) is 5.60 Å². The summed E-state index contributed by atoms with van der Waals surface area (Å²) in [6, 6.07) is -1.01. The summed E-state index contributed by atoms with van der Waals surface area (Å²) in [6.45, 7) is 5.81. The number of amides is 3. The van der Waals surface area contributed by atoms with Gasteiger partial charge in [0.25, 0.3) is 0 Å². The van der Waals surface area contributed by atoms with Gasteiger partial charge in [-0.05, 0) is 39.5 Å². The molecule has 0 unspecified atom stereocenters. The predicted molar refractivity (Wildman–Crippen MR) is 129 cm³/mol. The number of aromatic nitrogens is 2. The second-order valence-electron chi connectivity index (χ2n) is 11.4. The fourth-order valence-electron chi connectivity index (χ4n) is 4.66. The smallest absolute Gasteiger partial charge is 0.444 e. The van der Waals surface area contributed by atoms with Crippen molar-refractivity contribution in [2.75, 3.05) is 19.6 Å². The van der Waals surface area contributed by atoms with Crippen LogP contribution in [-0.4, -0.2) is 75.1 Å². The van der Waals surface area contributed by atoms with Gasteiger partial charge in [0.05, 0.1) is 18.3 Å². The number of carbonyl (C=O) groups excluding carboxylic acids is 3. The normalized spacial score (nSPS) is 19.3. The molecule has 1 fully saturated rings. The van der Waals surface area contributed by atoms with Crippen LogP contribution in [0, 0.1) is 5.92 Å². The Balaban J connectivity index is 1.87. The van der Waals surface area contributed by atoms with E-state index in [0.717, 1.165) is 4.90 Å². The minimum atomic E-state index is -6.27. The first-order valence-corrected chi connectivity index (χ1v) is 13.1. The standard InChI is InChI=1S/C25H31F8N5O4/c1-13-5-6-17(39)38(10-13)11-14(34-21(41)42-22(2,3)4)9-18(40)37-8-7-15-16(12-37)35-20(23(26,27)25(31,32)33)36-19(15)24(28,29)30/h13-14H,5-12H2,1-4H3,(H,34,41)/t13-,14+/m1/s1. The van der Waals surface area contributed by atoms with Gasteiger partial charge in [-0.1, -0.05) is 6.92 Å². The number of nitrogens with one attached hydrogen (secondary N) is 1. The Kier molecular flexibility index (Phi) is 9.32. The van der Waals surface area contributed by atoms with Crippen molar-refractivity contribution in [1.29, 1.82) is 0 Å². The van der Waals surface area contributed by atoms with Gasteiger partial charge in [0.2, 0.25) is 17.6 Å². The van der Waals surface area contributed by atoms with E-state index in [1.807, 2.05) is 6.92 Å². The molecule has 9 nitrogen and oxygen atoms in total. The summed E-state index contributed by atoms with van der Waals surface area (Å²) < 4.78 is 113. The molecule has 0 aromatic carbocycles. The lowest BCUT2D eigenvalue weighted by Gasteiger charge is -2.35. The maximum absolute atomic E-state index is 14.0. The van der Waals surface area contributed by atoms with E-state index in [9.17, 15) is 49.5 Å². The van der Waals surface area contributed by atoms with Crippen molar-refractivity contribution in [2.24, 2.45) is 5.92 Å². The van der Waals surface area contributed by atoms with Crippen molar-refractivity contribution < 1.29 is 54.2 Å². The Bertz CT molecular complexity index is 1200. The third kappa shape index (κ3) is 7.96. The van der Waals surface area contributed by atoms with Crippen molar-refractivity contribution in [3.63, 3.8) is 0 Å². The quantitative estimate of drug-likeness (QED) is 0.469. The van der Waals surface area contributed by atoms with E-state index in [0.29, 0.717) is 13.0 Å². The molecule has 42 heavy (non-hydrogen) atoms. The van der Waals surface area contributed by atoms with Gasteiger partial charge in [-0.25, -0.2) is 14.8 Å². The van der Waals surface area contributed by atoms with Crippen LogP contribution in [-0.2, 0) is 39.4 Å². The number of halogens is 8. The fraction of sp³-hybridized carbons (Fsp3) is 0.720. The maximum atomic E-state index is 14.0. The summed E-state index contributed by atoms with van der Waals surface area (Å²) in [5.41, 5.74) is -4.32. The first-order valence-electron chi connectivity index (χ1n) is 13.1. The average molecular weight is 618 g/mol. The molecule has 2 aliphatic rings. The molecule has 1 aromatic rings. The van der Waals surface area contributed by atoms with Crippen molar-refractivity contribution in [1.82, 2.24) is 25.1 Å². The van der Waals surface area contributed by atoms with Crippen LogP contribution < -0.4 is 5.32 Å². The SMILES string of the molecule is C[C@@H]1CCC(=O)N(C[C@H](CC(=O)N2CCc3c(nc(C(F)(F)C(F)(F)F)nc3C(F)(F)F)C2)NC(=O)OC(C)(C)C)C1. The van der Waals surface area contributed by atoms with Gasteiger partial charge in [0.15, 0.2) is 5.69 Å². The van der Waals surface area contributed by atoms with Crippen LogP contribution in [0.1, 0.15) is 69.7 Å². The number of fused-ring (bicyclic) bond motifs is 1. The van der Waals surface area contributed by atoms with Gasteiger partial charge in [-0.3, -0.25) is 9.59 Å². The fourth-order valence-corrected chi connectivity index (χ4v) is 4.66. The third-order valence-corrected chi connectivity index (χ3v) is 6.64. The number of ether oxygens (including phenoxy) is 1. The predicted octanol–water partition coefficient (Wildman–Crippen LogP) is 4.58. The number of alkyl carbamates (subject to hydrolysis) is 1. The summed E-state index contributed by atoms with van der Waals surface area (Å²) in [6.07, 6.45) is -12.7. The van der Waals surface area contributed by atoms with Gasteiger partial charge in [-0.2, -0.15) is 35.1 Å². The van der Waals surface area contributed by atoms with Crippen molar-refractivity contribution in [2.45, 2.75) is 89.8 Å². The minimum absolute atomic E-state index is 0.0963. The summed E-state index contributed by atoms with van der Waals surface area (Å²) >= 11 is 0. The van der Waals surface area contributed by atoms with Crippen LogP contribution in [0.25, 0.3) is 0 Å². The maximum Gasteiger partial charge on any atom is 0.461 e. The van der Waals surface area contributed by atoms with Crippen molar-refractivity contribution >= 4 is 17.9 Å². The number of hydrogen-bond donors (Lipinski definition) is 1. The second kappa shape index (κ2) is 11.8. The van der Waals surface area contributed by atoms with Crippen molar-refractivity contribution in [3.8, 4) is 0 Å². The molecule has 0 spiro atoms. The molecule has 0 aliphatic carbocycles. The number of alkyl halides is 8. The molecule has 1 N–H and O–H groups in total. The van der Waals surface area contributed by atoms with Crippen LogP contribution >= 0.6 is 0 Å². The molecular formula is C25H31F8N5O4. The Morgan fingerprint density at radius 2 is 1.69 bits per heavy atom. The topological polar surface area (TPSA) is 105 Å². The Morgan fingerprint density at radius 1 is 1.05 bits per heavy atom. The van der Waals surface area contributed by atoms with Crippen LogP contribution in [0.2, 0.25) is 0 Å². The van der Waals surface area contributed by atoms with E-state index in [4.69, 9.17) is 4.74 Å². The molecule has 0 radical (unpaired) electrons. The highest BCUT2D eigenvalue weighted by Gasteiger charge is 2.62. The number of likely N-dealkylation sites (tertiary alicyclic amines) is 1. The van der Waals surface area contributed by atoms with Crippen LogP contribution in [0.3, 0.4) is 0 Å². The minimum Gasteiger partial charge on any atom is -0.444 e. The summed E-state index contributed by atoms with van der Waals surface area (Å²) in [5.74, 6) is -8.99. The summed E-state index contributed by atoms with van der Waals surface area (Å²) in [4.78, 5) is 46.2. The first-order chi connectivity index (χ1) is 19.1. The van der Waals surface area contributed by atoms with E-state index in [-0.39, 0.29) is 31.3 Å². The third-order valence-electron chi connectivity index (χ3n) is 6.64. The number of nitrogens with zero attached hydrogens (tertiary/aromatic N) is 4. The lowest BCUT2D eigenvalue weighted by atomic mass is 9.98. The molecule has 2 aliphatic heterocycles. The van der Waals surface area contributed by atoms with Gasteiger partial charge in [-0.15, -0.1) is 0 Å². The van der Waals surface area contributed by atoms with E-state index in [1.54, 1.807) is 20.8 Å². The van der Waals surface area contributed by atoms with Gasteiger partial charge in [0, 0.05) is 38.0 Å². The largest absolute Gasteiger partial charge is 0.461 e. The molecule has 1 aromatic heterocycles. The highest BCUT2D eigenvalue weighted by Crippen LogP contribution is 2.44. The number of hydrogen-bond acceptors (Lipinski definition) is 6. The highest BCUT2D eigenvalue weighted by atomic mass is 19.4. The van der Waals surface area contributed by atoms with Crippen LogP contribution in [0.4, 0.5) is 39.9 Å². The van der Waals surface area contributed by atoms with Gasteiger partial charge < -0.3 is 19.9 Å². The Labute approximate surface area is 236 Å². The molecule has 17 heteroatoms. The first kappa shape index (κ1) is 33.2. The van der Waals surface area contributed by atoms with Crippen molar-refractivity contribution in [3.05, 3.63) is 22.8 Å². The molecule has 0 bridgehead atoms. The second-order valence-corrected chi connectivity index (χ2v) is 11.4. The van der Waals surface area contributed by atoms with E-state index >= 15 is 0 Å². The molecule has 3 amide bonds. The lowest BCUT2D eigenvalue weighted by Crippen LogP contribution is -2.51. The zero-order chi connectivity index (χ0) is 31.8. The number of piperidine rings is 1. The summed E-state index contributed by atoms with van der Waals surface area (Å²) in [5, 5.41) is 2.52. The lowest BCUT2D eigenvalue weighted by molar-refractivity contribution is -0.293. The zero-order valence-electron chi connectivity index (χ0n) is 23.3. The Hall–Kier alpha value is -3.27. The molecular weight excluding hydrogens is 586 g/mol. The monoisotopic (exact) mass is 617 g/mol. The molecule has 1 saturated heterocycles. The molecule has 2 atom stereocenters. The Morgan fingerprint density at radius 3 is 2.26 bits per heavy atom. The van der Waals surface area contributed by atoms with Gasteiger partial charge >= 0.3 is 24.4 Å². The number of carbonyl (C=O) groups is 3. The van der Waals surface area contributed by atoms with E-state index in [2.05, 4.69) is 15.3 Å². The average Bonchev–Trinajstić information content (AvgIpc) is 2.82. The molecule has 3 heterocycles. The zero-order valence-corrected chi connectivity index (χ0v) is 23.3. The van der Waals surface area contributed by atoms with E-state index < -0.39 is 84.1 Å². The molecule has 236 valence electrons.